The Hall–Kier alpha value is -1.10. The van der Waals surface area contributed by atoms with Crippen LogP contribution in [0.4, 0.5) is 0 Å². The highest BCUT2D eigenvalue weighted by Gasteiger charge is 2.21. The van der Waals surface area contributed by atoms with Crippen molar-refractivity contribution >= 4 is 11.9 Å². The Bertz CT molecular complexity index is 477. The van der Waals surface area contributed by atoms with Gasteiger partial charge in [0.1, 0.15) is 13.2 Å². The van der Waals surface area contributed by atoms with Crippen molar-refractivity contribution in [2.45, 2.75) is 157 Å². The number of ether oxygens (including phenoxy) is 2. The molecule has 0 aliphatic heterocycles. The molecule has 0 aliphatic carbocycles. The van der Waals surface area contributed by atoms with Crippen LogP contribution in [-0.2, 0) is 19.1 Å². The molecule has 0 aromatic heterocycles. The average molecular weight is 500 g/mol. The van der Waals surface area contributed by atoms with Gasteiger partial charge in [-0.3, -0.25) is 9.59 Å². The van der Waals surface area contributed by atoms with Gasteiger partial charge in [0.2, 0.25) is 5.91 Å². The lowest BCUT2D eigenvalue weighted by Crippen LogP contribution is -2.36. The molecule has 1 N–H and O–H groups in total. The van der Waals surface area contributed by atoms with Crippen LogP contribution in [0.2, 0.25) is 0 Å². The molecule has 0 saturated heterocycles. The SMILES string of the molecule is CC.CCCCCCCCCCCCCCCCCC(=O)NCC(=O)OCC(C)(C)OCC(C)C. The molecule has 35 heavy (non-hydrogen) atoms. The molecule has 5 heteroatoms. The normalized spacial score (nSPS) is 11.2. The summed E-state index contributed by atoms with van der Waals surface area (Å²) in [7, 11) is 0. The summed E-state index contributed by atoms with van der Waals surface area (Å²) in [5.74, 6) is -0.0583. The molecule has 0 aliphatic rings. The summed E-state index contributed by atoms with van der Waals surface area (Å²) in [6, 6.07) is 0. The van der Waals surface area contributed by atoms with E-state index in [0.29, 0.717) is 18.9 Å². The molecular weight excluding hydrogens is 438 g/mol. The van der Waals surface area contributed by atoms with Crippen molar-refractivity contribution in [1.29, 1.82) is 0 Å². The van der Waals surface area contributed by atoms with E-state index in [1.165, 1.54) is 83.5 Å². The van der Waals surface area contributed by atoms with Crippen LogP contribution in [0.15, 0.2) is 0 Å². The van der Waals surface area contributed by atoms with E-state index in [1.54, 1.807) is 0 Å². The smallest absolute Gasteiger partial charge is 0.325 e. The Morgan fingerprint density at radius 2 is 1.17 bits per heavy atom. The third kappa shape index (κ3) is 29.0. The molecule has 0 bridgehead atoms. The van der Waals surface area contributed by atoms with Gasteiger partial charge in [-0.1, -0.05) is 125 Å². The Kier molecular flexibility index (Phi) is 26.8. The fraction of sp³-hybridized carbons (Fsp3) is 0.933. The van der Waals surface area contributed by atoms with Crippen LogP contribution < -0.4 is 5.32 Å². The highest BCUT2D eigenvalue weighted by molar-refractivity contribution is 5.81. The van der Waals surface area contributed by atoms with Gasteiger partial charge in [-0.25, -0.2) is 0 Å². The fourth-order valence-corrected chi connectivity index (χ4v) is 3.66. The van der Waals surface area contributed by atoms with Gasteiger partial charge in [-0.15, -0.1) is 0 Å². The first-order chi connectivity index (χ1) is 16.8. The number of esters is 1. The van der Waals surface area contributed by atoms with Gasteiger partial charge in [0.05, 0.1) is 5.60 Å². The molecule has 0 unspecified atom stereocenters. The van der Waals surface area contributed by atoms with Crippen molar-refractivity contribution in [2.24, 2.45) is 5.92 Å². The zero-order chi connectivity index (χ0) is 26.8. The predicted molar refractivity (Wildman–Crippen MR) is 150 cm³/mol. The molecular formula is C30H61NO4. The van der Waals surface area contributed by atoms with Crippen LogP contribution in [0.25, 0.3) is 0 Å². The van der Waals surface area contributed by atoms with Gasteiger partial charge in [0, 0.05) is 13.0 Å². The van der Waals surface area contributed by atoms with Crippen molar-refractivity contribution < 1.29 is 19.1 Å². The van der Waals surface area contributed by atoms with Crippen LogP contribution >= 0.6 is 0 Å². The maximum Gasteiger partial charge on any atom is 0.325 e. The zero-order valence-corrected chi connectivity index (χ0v) is 24.6. The highest BCUT2D eigenvalue weighted by atomic mass is 16.6. The maximum atomic E-state index is 11.9. The minimum Gasteiger partial charge on any atom is -0.461 e. The Balaban J connectivity index is 0. The second-order valence-corrected chi connectivity index (χ2v) is 10.6. The summed E-state index contributed by atoms with van der Waals surface area (Å²) in [4.78, 5) is 23.8. The molecule has 0 atom stereocenters. The Morgan fingerprint density at radius 3 is 1.60 bits per heavy atom. The molecule has 0 fully saturated rings. The van der Waals surface area contributed by atoms with Crippen LogP contribution in [-0.4, -0.2) is 37.2 Å². The monoisotopic (exact) mass is 499 g/mol. The van der Waals surface area contributed by atoms with Crippen LogP contribution in [0.1, 0.15) is 151 Å². The van der Waals surface area contributed by atoms with E-state index in [2.05, 4.69) is 26.1 Å². The van der Waals surface area contributed by atoms with Gasteiger partial charge in [0.15, 0.2) is 0 Å². The Labute approximate surface area is 218 Å². The quantitative estimate of drug-likeness (QED) is 0.113. The summed E-state index contributed by atoms with van der Waals surface area (Å²) in [6.07, 6.45) is 20.1. The Morgan fingerprint density at radius 1 is 0.743 bits per heavy atom. The van der Waals surface area contributed by atoms with Crippen molar-refractivity contribution in [3.05, 3.63) is 0 Å². The van der Waals surface area contributed by atoms with E-state index in [4.69, 9.17) is 9.47 Å². The van der Waals surface area contributed by atoms with Crippen LogP contribution in [0, 0.1) is 5.92 Å². The van der Waals surface area contributed by atoms with E-state index >= 15 is 0 Å². The number of nitrogens with one attached hydrogen (secondary N) is 1. The molecule has 0 aromatic rings. The number of carbonyl (C=O) groups excluding carboxylic acids is 2. The van der Waals surface area contributed by atoms with Gasteiger partial charge in [-0.2, -0.15) is 0 Å². The fourth-order valence-electron chi connectivity index (χ4n) is 3.66. The molecule has 0 spiro atoms. The number of hydrogen-bond acceptors (Lipinski definition) is 4. The third-order valence-electron chi connectivity index (χ3n) is 5.83. The zero-order valence-electron chi connectivity index (χ0n) is 24.6. The summed E-state index contributed by atoms with van der Waals surface area (Å²) in [5, 5.41) is 2.66. The number of hydrogen-bond donors (Lipinski definition) is 1. The second kappa shape index (κ2) is 26.0. The van der Waals surface area contributed by atoms with Gasteiger partial charge >= 0.3 is 5.97 Å². The van der Waals surface area contributed by atoms with Crippen molar-refractivity contribution in [1.82, 2.24) is 5.32 Å². The summed E-state index contributed by atoms with van der Waals surface area (Å²) in [5.41, 5.74) is -0.516. The molecule has 1 amide bonds. The first-order valence-electron chi connectivity index (χ1n) is 14.8. The second-order valence-electron chi connectivity index (χ2n) is 10.6. The lowest BCUT2D eigenvalue weighted by atomic mass is 10.0. The lowest BCUT2D eigenvalue weighted by molar-refractivity contribution is -0.153. The van der Waals surface area contributed by atoms with Gasteiger partial charge < -0.3 is 14.8 Å². The van der Waals surface area contributed by atoms with Crippen molar-refractivity contribution in [3.63, 3.8) is 0 Å². The molecule has 0 aromatic carbocycles. The van der Waals surface area contributed by atoms with Crippen LogP contribution in [0.3, 0.4) is 0 Å². The molecule has 0 rings (SSSR count). The van der Waals surface area contributed by atoms with Crippen LogP contribution in [0.5, 0.6) is 0 Å². The topological polar surface area (TPSA) is 64.6 Å². The number of amides is 1. The number of unbranched alkanes of at least 4 members (excludes halogenated alkanes) is 14. The molecule has 0 heterocycles. The maximum absolute atomic E-state index is 11.9. The van der Waals surface area contributed by atoms with E-state index in [-0.39, 0.29) is 19.1 Å². The van der Waals surface area contributed by atoms with Crippen molar-refractivity contribution in [2.75, 3.05) is 19.8 Å². The minimum absolute atomic E-state index is 0.0716. The minimum atomic E-state index is -0.516. The molecule has 0 saturated carbocycles. The van der Waals surface area contributed by atoms with E-state index < -0.39 is 11.6 Å². The predicted octanol–water partition coefficient (Wildman–Crippen LogP) is 8.38. The number of carbonyl (C=O) groups is 2. The van der Waals surface area contributed by atoms with E-state index in [9.17, 15) is 9.59 Å². The largest absolute Gasteiger partial charge is 0.461 e. The van der Waals surface area contributed by atoms with Gasteiger partial charge in [-0.05, 0) is 26.2 Å². The summed E-state index contributed by atoms with van der Waals surface area (Å²) < 4.78 is 11.0. The molecule has 0 radical (unpaired) electrons. The van der Waals surface area contributed by atoms with E-state index in [1.807, 2.05) is 27.7 Å². The van der Waals surface area contributed by atoms with Gasteiger partial charge in [0.25, 0.3) is 0 Å². The first kappa shape index (κ1) is 36.1. The average Bonchev–Trinajstić information content (AvgIpc) is 2.84. The first-order valence-corrected chi connectivity index (χ1v) is 14.8. The molecule has 210 valence electrons. The summed E-state index contributed by atoms with van der Waals surface area (Å²) in [6.45, 7) is 15.0. The number of rotatable bonds is 23. The summed E-state index contributed by atoms with van der Waals surface area (Å²) >= 11 is 0. The standard InChI is InChI=1S/C28H55NO4.C2H6/c1-6-7-8-9-10-11-12-13-14-15-16-17-18-19-20-21-26(30)29-22-27(31)32-24-28(4,5)33-23-25(2)3;1-2/h25H,6-24H2,1-5H3,(H,29,30);1-2H3. The lowest BCUT2D eigenvalue weighted by Gasteiger charge is -2.25. The highest BCUT2D eigenvalue weighted by Crippen LogP contribution is 2.14. The third-order valence-corrected chi connectivity index (χ3v) is 5.83. The van der Waals surface area contributed by atoms with Crippen molar-refractivity contribution in [3.8, 4) is 0 Å². The van der Waals surface area contributed by atoms with E-state index in [0.717, 1.165) is 12.8 Å². The molecule has 5 nitrogen and oxygen atoms in total.